The molecule has 4 N–H and O–H groups in total. The number of hydrogen-bond acceptors (Lipinski definition) is 5. The highest BCUT2D eigenvalue weighted by Crippen LogP contribution is 2.25. The van der Waals surface area contributed by atoms with Gasteiger partial charge in [-0.25, -0.2) is 0 Å². The van der Waals surface area contributed by atoms with Gasteiger partial charge >= 0.3 is 11.8 Å². The van der Waals surface area contributed by atoms with Gasteiger partial charge in [0.15, 0.2) is 5.82 Å². The second-order valence-electron chi connectivity index (χ2n) is 3.50. The van der Waals surface area contributed by atoms with E-state index in [1.165, 1.54) is 0 Å². The fourth-order valence-corrected chi connectivity index (χ4v) is 1.91. The molecule has 0 spiro atoms. The second-order valence-corrected chi connectivity index (χ2v) is 4.38. The molecule has 1 amide bonds. The van der Waals surface area contributed by atoms with Gasteiger partial charge in [0.25, 0.3) is 0 Å². The first-order valence-corrected chi connectivity index (χ1v) is 5.58. The van der Waals surface area contributed by atoms with Crippen LogP contribution in [0.5, 0.6) is 0 Å². The highest BCUT2D eigenvalue weighted by molar-refractivity contribution is 6.34. The molecule has 0 aliphatic carbocycles. The average molecular weight is 287 g/mol. The van der Waals surface area contributed by atoms with E-state index in [0.29, 0.717) is 15.6 Å². The summed E-state index contributed by atoms with van der Waals surface area (Å²) in [5.41, 5.74) is 11.5. The van der Waals surface area contributed by atoms with Crippen molar-refractivity contribution in [3.63, 3.8) is 0 Å². The van der Waals surface area contributed by atoms with Crippen molar-refractivity contribution in [3.05, 3.63) is 45.5 Å². The Kier molecular flexibility index (Phi) is 3.51. The van der Waals surface area contributed by atoms with Crippen molar-refractivity contribution in [2.75, 3.05) is 0 Å². The van der Waals surface area contributed by atoms with Crippen LogP contribution in [0, 0.1) is 0 Å². The van der Waals surface area contributed by atoms with Crippen LogP contribution in [0.2, 0.25) is 10.0 Å². The number of nitrogens with two attached hydrogens (primary N) is 2. The van der Waals surface area contributed by atoms with E-state index in [1.807, 2.05) is 0 Å². The van der Waals surface area contributed by atoms with E-state index in [2.05, 4.69) is 14.7 Å². The van der Waals surface area contributed by atoms with Crippen molar-refractivity contribution < 1.29 is 9.32 Å². The predicted molar refractivity (Wildman–Crippen MR) is 65.3 cm³/mol. The van der Waals surface area contributed by atoms with Crippen LogP contribution in [0.15, 0.2) is 22.7 Å². The Morgan fingerprint density at radius 2 is 1.89 bits per heavy atom. The third-order valence-corrected chi connectivity index (χ3v) is 2.61. The molecule has 2 rings (SSSR count). The standard InChI is InChI=1S/C10H8Cl2N4O2/c11-5-1-4(2-6(12)3-5)7(13)9-15-10(8(14)17)18-16-9/h1-3,7H,13H2,(H2,14,17). The van der Waals surface area contributed by atoms with E-state index < -0.39 is 11.9 Å². The molecule has 6 nitrogen and oxygen atoms in total. The summed E-state index contributed by atoms with van der Waals surface area (Å²) >= 11 is 11.7. The molecule has 8 heteroatoms. The van der Waals surface area contributed by atoms with Crippen molar-refractivity contribution >= 4 is 29.1 Å². The molecule has 0 radical (unpaired) electrons. The van der Waals surface area contributed by atoms with Gasteiger partial charge in [-0.3, -0.25) is 4.79 Å². The summed E-state index contributed by atoms with van der Waals surface area (Å²) in [7, 11) is 0. The minimum Gasteiger partial charge on any atom is -0.361 e. The van der Waals surface area contributed by atoms with Gasteiger partial charge in [0, 0.05) is 10.0 Å². The lowest BCUT2D eigenvalue weighted by atomic mass is 10.1. The Bertz CT molecular complexity index is 579. The summed E-state index contributed by atoms with van der Waals surface area (Å²) in [6.07, 6.45) is 0. The minimum absolute atomic E-state index is 0.127. The molecular weight excluding hydrogens is 279 g/mol. The number of nitrogens with zero attached hydrogens (tertiary/aromatic N) is 2. The first kappa shape index (κ1) is 12.8. The number of hydrogen-bond donors (Lipinski definition) is 2. The Hall–Kier alpha value is -1.63. The smallest absolute Gasteiger partial charge is 0.315 e. The lowest BCUT2D eigenvalue weighted by molar-refractivity contribution is 0.0958. The summed E-state index contributed by atoms with van der Waals surface area (Å²) in [5.74, 6) is -0.985. The van der Waals surface area contributed by atoms with Crippen LogP contribution in [0.3, 0.4) is 0 Å². The maximum Gasteiger partial charge on any atom is 0.315 e. The zero-order chi connectivity index (χ0) is 13.3. The third-order valence-electron chi connectivity index (χ3n) is 2.17. The van der Waals surface area contributed by atoms with Gasteiger partial charge in [0.1, 0.15) is 0 Å². The zero-order valence-electron chi connectivity index (χ0n) is 8.93. The molecule has 1 aromatic heterocycles. The Labute approximate surface area is 112 Å². The van der Waals surface area contributed by atoms with E-state index in [1.54, 1.807) is 18.2 Å². The van der Waals surface area contributed by atoms with Crippen molar-refractivity contribution in [1.82, 2.24) is 10.1 Å². The molecule has 0 saturated carbocycles. The van der Waals surface area contributed by atoms with E-state index in [0.717, 1.165) is 0 Å². The maximum absolute atomic E-state index is 10.8. The molecule has 0 bridgehead atoms. The van der Waals surface area contributed by atoms with E-state index >= 15 is 0 Å². The summed E-state index contributed by atoms with van der Waals surface area (Å²) in [6.45, 7) is 0. The number of rotatable bonds is 3. The molecule has 1 heterocycles. The highest BCUT2D eigenvalue weighted by atomic mass is 35.5. The van der Waals surface area contributed by atoms with Gasteiger partial charge in [-0.1, -0.05) is 28.4 Å². The molecule has 18 heavy (non-hydrogen) atoms. The number of carbonyl (C=O) groups is 1. The van der Waals surface area contributed by atoms with Crippen LogP contribution in [0.4, 0.5) is 0 Å². The number of carbonyl (C=O) groups excluding carboxylic acids is 1. The van der Waals surface area contributed by atoms with Gasteiger partial charge in [0.05, 0.1) is 6.04 Å². The molecule has 1 aromatic carbocycles. The average Bonchev–Trinajstić information content (AvgIpc) is 2.75. The normalized spacial score (nSPS) is 12.4. The number of halogens is 2. The molecule has 0 saturated heterocycles. The monoisotopic (exact) mass is 286 g/mol. The van der Waals surface area contributed by atoms with Gasteiger partial charge in [-0.05, 0) is 23.8 Å². The van der Waals surface area contributed by atoms with Gasteiger partial charge in [-0.2, -0.15) is 4.98 Å². The molecule has 0 aliphatic heterocycles. The summed E-state index contributed by atoms with van der Waals surface area (Å²) in [5, 5.41) is 4.45. The lowest BCUT2D eigenvalue weighted by Gasteiger charge is -2.08. The van der Waals surface area contributed by atoms with Gasteiger partial charge in [-0.15, -0.1) is 0 Å². The zero-order valence-corrected chi connectivity index (χ0v) is 10.4. The van der Waals surface area contributed by atoms with E-state index in [4.69, 9.17) is 34.7 Å². The van der Waals surface area contributed by atoms with Crippen molar-refractivity contribution in [2.24, 2.45) is 11.5 Å². The number of amides is 1. The minimum atomic E-state index is -0.815. The first-order valence-electron chi connectivity index (χ1n) is 4.82. The molecular formula is C10H8Cl2N4O2. The number of aromatic nitrogens is 2. The molecule has 94 valence electrons. The van der Waals surface area contributed by atoms with Crippen molar-refractivity contribution in [2.45, 2.75) is 6.04 Å². The predicted octanol–water partition coefficient (Wildman–Crippen LogP) is 1.52. The van der Waals surface area contributed by atoms with Crippen molar-refractivity contribution in [1.29, 1.82) is 0 Å². The van der Waals surface area contributed by atoms with Crippen LogP contribution >= 0.6 is 23.2 Å². The topological polar surface area (TPSA) is 108 Å². The third kappa shape index (κ3) is 2.61. The molecule has 2 aromatic rings. The van der Waals surface area contributed by atoms with Crippen molar-refractivity contribution in [3.8, 4) is 0 Å². The van der Waals surface area contributed by atoms with E-state index in [-0.39, 0.29) is 11.7 Å². The second kappa shape index (κ2) is 4.93. The van der Waals surface area contributed by atoms with Crippen LogP contribution < -0.4 is 11.5 Å². The Morgan fingerprint density at radius 1 is 1.28 bits per heavy atom. The molecule has 1 unspecified atom stereocenters. The van der Waals surface area contributed by atoms with Crippen LogP contribution in [-0.2, 0) is 0 Å². The van der Waals surface area contributed by atoms with Gasteiger partial charge < -0.3 is 16.0 Å². The molecule has 0 fully saturated rings. The quantitative estimate of drug-likeness (QED) is 0.889. The summed E-state index contributed by atoms with van der Waals surface area (Å²) in [4.78, 5) is 14.6. The van der Waals surface area contributed by atoms with Crippen LogP contribution in [-0.4, -0.2) is 16.0 Å². The lowest BCUT2D eigenvalue weighted by Crippen LogP contribution is -2.15. The maximum atomic E-state index is 10.8. The molecule has 0 aliphatic rings. The number of benzene rings is 1. The fourth-order valence-electron chi connectivity index (χ4n) is 1.37. The summed E-state index contributed by atoms with van der Waals surface area (Å²) in [6, 6.07) is 4.11. The van der Waals surface area contributed by atoms with E-state index in [9.17, 15) is 4.79 Å². The van der Waals surface area contributed by atoms with Gasteiger partial charge in [0.2, 0.25) is 0 Å². The first-order chi connectivity index (χ1) is 8.47. The molecule has 1 atom stereocenters. The SMILES string of the molecule is NC(=O)c1nc(C(N)c2cc(Cl)cc(Cl)c2)no1. The van der Waals surface area contributed by atoms with Crippen LogP contribution in [0.1, 0.15) is 28.1 Å². The summed E-state index contributed by atoms with van der Waals surface area (Å²) < 4.78 is 4.65. The highest BCUT2D eigenvalue weighted by Gasteiger charge is 2.19. The number of primary amides is 1. The van der Waals surface area contributed by atoms with Crippen LogP contribution in [0.25, 0.3) is 0 Å². The Morgan fingerprint density at radius 3 is 2.39 bits per heavy atom. The largest absolute Gasteiger partial charge is 0.361 e. The fraction of sp³-hybridized carbons (Fsp3) is 0.100. The Balaban J connectivity index is 2.34.